The van der Waals surface area contributed by atoms with Crippen LogP contribution in [0.15, 0.2) is 0 Å². The molecule has 7 heteroatoms. The zero-order valence-corrected chi connectivity index (χ0v) is 13.9. The van der Waals surface area contributed by atoms with Gasteiger partial charge in [0, 0.05) is 18.4 Å². The smallest absolute Gasteiger partial charge is 0.230 e. The first-order valence-electron chi connectivity index (χ1n) is 7.70. The van der Waals surface area contributed by atoms with Crippen LogP contribution in [0.3, 0.4) is 0 Å². The van der Waals surface area contributed by atoms with Crippen molar-refractivity contribution in [2.45, 2.75) is 37.4 Å². The van der Waals surface area contributed by atoms with Crippen molar-refractivity contribution < 1.29 is 18.3 Å². The fraction of sp³-hybridized carbons (Fsp3) is 0.929. The van der Waals surface area contributed by atoms with Gasteiger partial charge in [0.15, 0.2) is 9.84 Å². The third-order valence-electron chi connectivity index (χ3n) is 4.50. The highest BCUT2D eigenvalue weighted by molar-refractivity contribution is 8.02. The quantitative estimate of drug-likeness (QED) is 0.751. The summed E-state index contributed by atoms with van der Waals surface area (Å²) in [4.78, 5) is 11.9. The van der Waals surface area contributed by atoms with E-state index in [1.54, 1.807) is 0 Å². The second kappa shape index (κ2) is 7.83. The molecule has 2 N–H and O–H groups in total. The molecule has 2 aliphatic rings. The summed E-state index contributed by atoms with van der Waals surface area (Å²) < 4.78 is 22.7. The number of nitrogens with one attached hydrogen (secondary N) is 1. The summed E-state index contributed by atoms with van der Waals surface area (Å²) in [6.45, 7) is 0.836. The highest BCUT2D eigenvalue weighted by atomic mass is 32.2. The van der Waals surface area contributed by atoms with Gasteiger partial charge in [-0.05, 0) is 31.1 Å². The summed E-state index contributed by atoms with van der Waals surface area (Å²) in [6.07, 6.45) is 5.12. The van der Waals surface area contributed by atoms with E-state index in [1.807, 2.05) is 0 Å². The average Bonchev–Trinajstić information content (AvgIpc) is 2.82. The third-order valence-corrected chi connectivity index (χ3v) is 7.78. The van der Waals surface area contributed by atoms with Gasteiger partial charge >= 0.3 is 0 Å². The lowest BCUT2D eigenvalue weighted by Gasteiger charge is -2.30. The lowest BCUT2D eigenvalue weighted by atomic mass is 9.79. The Morgan fingerprint density at radius 2 is 1.90 bits per heavy atom. The zero-order chi connectivity index (χ0) is 15.3. The number of thioether (sulfide) groups is 1. The number of aliphatic hydroxyl groups is 1. The van der Waals surface area contributed by atoms with Crippen molar-refractivity contribution in [3.63, 3.8) is 0 Å². The Balaban J connectivity index is 1.65. The van der Waals surface area contributed by atoms with Crippen LogP contribution in [0.5, 0.6) is 0 Å². The molecule has 1 saturated heterocycles. The van der Waals surface area contributed by atoms with Gasteiger partial charge in [-0.1, -0.05) is 12.8 Å². The first-order chi connectivity index (χ1) is 10.00. The van der Waals surface area contributed by atoms with Gasteiger partial charge in [-0.2, -0.15) is 0 Å². The maximum absolute atomic E-state index is 11.9. The predicted octanol–water partition coefficient (Wildman–Crippen LogP) is 0.822. The van der Waals surface area contributed by atoms with Crippen molar-refractivity contribution in [2.75, 3.05) is 30.4 Å². The van der Waals surface area contributed by atoms with Crippen molar-refractivity contribution >= 4 is 27.5 Å². The van der Waals surface area contributed by atoms with Crippen molar-refractivity contribution in [1.29, 1.82) is 0 Å². The first kappa shape index (κ1) is 17.1. The van der Waals surface area contributed by atoms with Crippen LogP contribution in [0.2, 0.25) is 0 Å². The number of aliphatic hydroxyl groups excluding tert-OH is 1. The van der Waals surface area contributed by atoms with E-state index in [-0.39, 0.29) is 29.3 Å². The van der Waals surface area contributed by atoms with E-state index in [2.05, 4.69) is 5.32 Å². The van der Waals surface area contributed by atoms with Crippen molar-refractivity contribution in [3.8, 4) is 0 Å². The Hall–Kier alpha value is -0.270. The average molecular weight is 335 g/mol. The van der Waals surface area contributed by atoms with E-state index in [1.165, 1.54) is 24.6 Å². The number of hydrogen-bond donors (Lipinski definition) is 2. The summed E-state index contributed by atoms with van der Waals surface area (Å²) in [5.41, 5.74) is 0. The monoisotopic (exact) mass is 335 g/mol. The van der Waals surface area contributed by atoms with Crippen LogP contribution in [0, 0.1) is 11.8 Å². The third kappa shape index (κ3) is 5.45. The first-order valence-corrected chi connectivity index (χ1v) is 10.6. The van der Waals surface area contributed by atoms with Gasteiger partial charge in [0.1, 0.15) is 0 Å². The zero-order valence-electron chi connectivity index (χ0n) is 12.3. The maximum Gasteiger partial charge on any atom is 0.230 e. The number of amides is 1. The molecule has 1 aliphatic carbocycles. The SMILES string of the molecule is O=C(CSC1CCS(=O)(=O)C1)NCC1CCCCC1CO. The highest BCUT2D eigenvalue weighted by Crippen LogP contribution is 2.29. The molecule has 1 aliphatic heterocycles. The number of rotatable bonds is 6. The Kier molecular flexibility index (Phi) is 6.37. The van der Waals surface area contributed by atoms with Gasteiger partial charge in [-0.3, -0.25) is 4.79 Å². The molecule has 0 aromatic rings. The summed E-state index contributed by atoms with van der Waals surface area (Å²) in [6, 6.07) is 0. The lowest BCUT2D eigenvalue weighted by Crippen LogP contribution is -2.36. The molecule has 122 valence electrons. The number of carbonyl (C=O) groups excluding carboxylic acids is 1. The second-order valence-electron chi connectivity index (χ2n) is 6.13. The molecule has 5 nitrogen and oxygen atoms in total. The summed E-state index contributed by atoms with van der Waals surface area (Å²) in [5, 5.41) is 12.4. The Labute approximate surface area is 131 Å². The van der Waals surface area contributed by atoms with E-state index in [4.69, 9.17) is 0 Å². The molecule has 0 aromatic carbocycles. The molecule has 0 radical (unpaired) electrons. The molecule has 2 fully saturated rings. The normalized spacial score (nSPS) is 32.0. The standard InChI is InChI=1S/C14H25NO4S2/c16-8-12-4-2-1-3-11(12)7-15-14(17)9-20-13-5-6-21(18,19)10-13/h11-13,16H,1-10H2,(H,15,17). The second-order valence-corrected chi connectivity index (χ2v) is 9.64. The van der Waals surface area contributed by atoms with Crippen LogP contribution in [0.1, 0.15) is 32.1 Å². The molecule has 0 bridgehead atoms. The van der Waals surface area contributed by atoms with Crippen molar-refractivity contribution in [3.05, 3.63) is 0 Å². The molecule has 21 heavy (non-hydrogen) atoms. The molecule has 0 aromatic heterocycles. The van der Waals surface area contributed by atoms with Gasteiger partial charge in [0.2, 0.25) is 5.91 Å². The van der Waals surface area contributed by atoms with Crippen molar-refractivity contribution in [1.82, 2.24) is 5.32 Å². The largest absolute Gasteiger partial charge is 0.396 e. The fourth-order valence-electron chi connectivity index (χ4n) is 3.18. The molecule has 3 unspecified atom stereocenters. The van der Waals surface area contributed by atoms with Crippen LogP contribution >= 0.6 is 11.8 Å². The van der Waals surface area contributed by atoms with Gasteiger partial charge in [-0.15, -0.1) is 11.8 Å². The summed E-state index contributed by atoms with van der Waals surface area (Å²) >= 11 is 1.45. The van der Waals surface area contributed by atoms with Crippen LogP contribution in [0.25, 0.3) is 0 Å². The van der Waals surface area contributed by atoms with Crippen molar-refractivity contribution in [2.24, 2.45) is 11.8 Å². The minimum absolute atomic E-state index is 0.0217. The topological polar surface area (TPSA) is 83.5 Å². The molecule has 1 amide bonds. The summed E-state index contributed by atoms with van der Waals surface area (Å²) in [7, 11) is -2.86. The molecular formula is C14H25NO4S2. The van der Waals surface area contributed by atoms with Crippen LogP contribution < -0.4 is 5.32 Å². The molecule has 2 rings (SSSR count). The van der Waals surface area contributed by atoms with Crippen LogP contribution in [0.4, 0.5) is 0 Å². The molecular weight excluding hydrogens is 310 g/mol. The minimum atomic E-state index is -2.86. The number of hydrogen-bond acceptors (Lipinski definition) is 5. The predicted molar refractivity (Wildman–Crippen MR) is 85.1 cm³/mol. The van der Waals surface area contributed by atoms with E-state index >= 15 is 0 Å². The fourth-order valence-corrected chi connectivity index (χ4v) is 6.65. The van der Waals surface area contributed by atoms with Gasteiger partial charge in [0.05, 0.1) is 17.3 Å². The summed E-state index contributed by atoms with van der Waals surface area (Å²) in [5.74, 6) is 1.46. The van der Waals surface area contributed by atoms with Gasteiger partial charge in [0.25, 0.3) is 0 Å². The van der Waals surface area contributed by atoms with E-state index in [0.29, 0.717) is 30.6 Å². The van der Waals surface area contributed by atoms with Crippen LogP contribution in [-0.2, 0) is 14.6 Å². The van der Waals surface area contributed by atoms with Crippen LogP contribution in [-0.4, -0.2) is 55.1 Å². The Bertz CT molecular complexity index is 452. The molecule has 0 spiro atoms. The van der Waals surface area contributed by atoms with Gasteiger partial charge in [-0.25, -0.2) is 8.42 Å². The number of sulfone groups is 1. The maximum atomic E-state index is 11.9. The van der Waals surface area contributed by atoms with E-state index < -0.39 is 9.84 Å². The highest BCUT2D eigenvalue weighted by Gasteiger charge is 2.29. The molecule has 1 heterocycles. The minimum Gasteiger partial charge on any atom is -0.396 e. The molecule has 3 atom stereocenters. The molecule has 1 saturated carbocycles. The van der Waals surface area contributed by atoms with E-state index in [0.717, 1.165) is 12.8 Å². The lowest BCUT2D eigenvalue weighted by molar-refractivity contribution is -0.118. The number of carbonyl (C=O) groups is 1. The Morgan fingerprint density at radius 1 is 1.19 bits per heavy atom. The van der Waals surface area contributed by atoms with Gasteiger partial charge < -0.3 is 10.4 Å². The Morgan fingerprint density at radius 3 is 2.52 bits per heavy atom. The van der Waals surface area contributed by atoms with E-state index in [9.17, 15) is 18.3 Å².